The molecule has 2 aromatic carbocycles. The molecule has 0 bridgehead atoms. The number of carbonyl (C=O) groups is 4. The Hall–Kier alpha value is -3.68. The van der Waals surface area contributed by atoms with Crippen molar-refractivity contribution >= 4 is 23.8 Å². The van der Waals surface area contributed by atoms with Gasteiger partial charge < -0.3 is 20.1 Å². The van der Waals surface area contributed by atoms with Gasteiger partial charge >= 0.3 is 12.1 Å². The first-order valence-electron chi connectivity index (χ1n) is 10.4. The van der Waals surface area contributed by atoms with Crippen LogP contribution >= 0.6 is 0 Å². The number of amides is 2. The van der Waals surface area contributed by atoms with Crippen LogP contribution in [0.2, 0.25) is 0 Å². The highest BCUT2D eigenvalue weighted by atomic mass is 16.5. The van der Waals surface area contributed by atoms with E-state index in [1.807, 2.05) is 18.2 Å². The van der Waals surface area contributed by atoms with E-state index in [0.29, 0.717) is 0 Å². The second-order valence-electron chi connectivity index (χ2n) is 7.35. The van der Waals surface area contributed by atoms with E-state index >= 15 is 0 Å². The lowest BCUT2D eigenvalue weighted by molar-refractivity contribution is -0.146. The molecule has 0 spiro atoms. The quantitative estimate of drug-likeness (QED) is 0.334. The molecule has 170 valence electrons. The third-order valence-electron chi connectivity index (χ3n) is 4.56. The summed E-state index contributed by atoms with van der Waals surface area (Å²) in [5, 5.41) is 4.93. The molecule has 8 heteroatoms. The van der Waals surface area contributed by atoms with Crippen LogP contribution in [0.5, 0.6) is 0 Å². The Morgan fingerprint density at radius 3 is 2.00 bits per heavy atom. The van der Waals surface area contributed by atoms with Gasteiger partial charge in [-0.3, -0.25) is 9.59 Å². The molecule has 0 saturated carbocycles. The van der Waals surface area contributed by atoms with Crippen molar-refractivity contribution in [1.29, 1.82) is 0 Å². The van der Waals surface area contributed by atoms with Gasteiger partial charge in [0.05, 0.1) is 6.61 Å². The van der Waals surface area contributed by atoms with Crippen LogP contribution in [0.4, 0.5) is 4.79 Å². The Labute approximate surface area is 187 Å². The van der Waals surface area contributed by atoms with Crippen LogP contribution in [0.1, 0.15) is 36.7 Å². The van der Waals surface area contributed by atoms with E-state index < -0.39 is 35.8 Å². The number of alkyl carbamates (subject to hydrolysis) is 1. The SMILES string of the molecule is CCOC(=O)C(NC(=O)[C@@H](NC(=O)OCc1ccccc1)C(C)C)C(=O)c1ccccc1. The molecule has 0 aliphatic heterocycles. The first-order chi connectivity index (χ1) is 15.3. The summed E-state index contributed by atoms with van der Waals surface area (Å²) in [6.07, 6.45) is -0.787. The maximum atomic E-state index is 12.9. The molecule has 0 fully saturated rings. The average molecular weight is 440 g/mol. The topological polar surface area (TPSA) is 111 Å². The van der Waals surface area contributed by atoms with Crippen molar-refractivity contribution < 1.29 is 28.7 Å². The first kappa shape index (κ1) is 24.6. The number of ether oxygens (including phenoxy) is 2. The van der Waals surface area contributed by atoms with Gasteiger partial charge in [0.15, 0.2) is 11.8 Å². The Kier molecular flexibility index (Phi) is 9.41. The second kappa shape index (κ2) is 12.2. The molecule has 8 nitrogen and oxygen atoms in total. The summed E-state index contributed by atoms with van der Waals surface area (Å²) < 4.78 is 10.1. The van der Waals surface area contributed by atoms with Crippen molar-refractivity contribution in [3.8, 4) is 0 Å². The molecular weight excluding hydrogens is 412 g/mol. The lowest BCUT2D eigenvalue weighted by atomic mass is 10.0. The third-order valence-corrected chi connectivity index (χ3v) is 4.56. The number of rotatable bonds is 10. The lowest BCUT2D eigenvalue weighted by Crippen LogP contribution is -2.56. The summed E-state index contributed by atoms with van der Waals surface area (Å²) in [6, 6.07) is 14.6. The van der Waals surface area contributed by atoms with E-state index in [0.717, 1.165) is 5.56 Å². The van der Waals surface area contributed by atoms with Crippen molar-refractivity contribution in [2.24, 2.45) is 5.92 Å². The van der Waals surface area contributed by atoms with E-state index in [2.05, 4.69) is 10.6 Å². The summed E-state index contributed by atoms with van der Waals surface area (Å²) in [5.41, 5.74) is 1.05. The molecule has 0 aliphatic rings. The highest BCUT2D eigenvalue weighted by molar-refractivity contribution is 6.14. The van der Waals surface area contributed by atoms with E-state index in [1.165, 1.54) is 0 Å². The molecule has 32 heavy (non-hydrogen) atoms. The van der Waals surface area contributed by atoms with Gasteiger partial charge in [-0.2, -0.15) is 0 Å². The number of benzene rings is 2. The van der Waals surface area contributed by atoms with Gasteiger partial charge in [0, 0.05) is 5.56 Å². The zero-order valence-corrected chi connectivity index (χ0v) is 18.4. The number of ketones is 1. The van der Waals surface area contributed by atoms with Crippen LogP contribution in [0.25, 0.3) is 0 Å². The number of nitrogens with one attached hydrogen (secondary N) is 2. The molecule has 2 N–H and O–H groups in total. The standard InChI is InChI=1S/C24H28N2O6/c1-4-31-23(29)20(21(27)18-13-9-6-10-14-18)25-22(28)19(16(2)3)26-24(30)32-15-17-11-7-5-8-12-17/h5-14,16,19-20H,4,15H2,1-3H3,(H,25,28)(H,26,30)/t19-,20?/m0/s1. The number of esters is 1. The minimum atomic E-state index is -1.53. The van der Waals surface area contributed by atoms with Crippen molar-refractivity contribution in [3.05, 3.63) is 71.8 Å². The van der Waals surface area contributed by atoms with Gasteiger partial charge in [0.25, 0.3) is 0 Å². The fourth-order valence-corrected chi connectivity index (χ4v) is 2.88. The van der Waals surface area contributed by atoms with Gasteiger partial charge in [-0.1, -0.05) is 74.5 Å². The Morgan fingerprint density at radius 1 is 0.844 bits per heavy atom. The molecule has 2 atom stereocenters. The van der Waals surface area contributed by atoms with Crippen molar-refractivity contribution in [3.63, 3.8) is 0 Å². The number of Topliss-reactive ketones (excluding diaryl/α,β-unsaturated/α-hetero) is 1. The largest absolute Gasteiger partial charge is 0.464 e. The van der Waals surface area contributed by atoms with E-state index in [-0.39, 0.29) is 24.7 Å². The van der Waals surface area contributed by atoms with E-state index in [9.17, 15) is 19.2 Å². The van der Waals surface area contributed by atoms with Crippen LogP contribution in [0.15, 0.2) is 60.7 Å². The van der Waals surface area contributed by atoms with Crippen molar-refractivity contribution in [2.75, 3.05) is 6.61 Å². The predicted octanol–water partition coefficient (Wildman–Crippen LogP) is 2.87. The summed E-state index contributed by atoms with van der Waals surface area (Å²) in [6.45, 7) is 5.13. The van der Waals surface area contributed by atoms with Crippen LogP contribution in [0.3, 0.4) is 0 Å². The molecule has 0 saturated heterocycles. The average Bonchev–Trinajstić information content (AvgIpc) is 2.80. The molecule has 1 unspecified atom stereocenters. The van der Waals surface area contributed by atoms with E-state index in [1.54, 1.807) is 63.2 Å². The number of hydrogen-bond acceptors (Lipinski definition) is 6. The van der Waals surface area contributed by atoms with Crippen LogP contribution < -0.4 is 10.6 Å². The molecule has 0 aliphatic carbocycles. The Bertz CT molecular complexity index is 915. The minimum Gasteiger partial charge on any atom is -0.464 e. The van der Waals surface area contributed by atoms with Gasteiger partial charge in [-0.05, 0) is 18.4 Å². The highest BCUT2D eigenvalue weighted by Gasteiger charge is 2.34. The van der Waals surface area contributed by atoms with Crippen molar-refractivity contribution in [1.82, 2.24) is 10.6 Å². The maximum Gasteiger partial charge on any atom is 0.408 e. The fourth-order valence-electron chi connectivity index (χ4n) is 2.88. The summed E-state index contributed by atoms with van der Waals surface area (Å²) in [5.74, 6) is -2.51. The zero-order valence-electron chi connectivity index (χ0n) is 18.4. The molecule has 2 aromatic rings. The zero-order chi connectivity index (χ0) is 23.5. The second-order valence-corrected chi connectivity index (χ2v) is 7.35. The Morgan fingerprint density at radius 2 is 1.44 bits per heavy atom. The summed E-state index contributed by atoms with van der Waals surface area (Å²) in [7, 11) is 0. The lowest BCUT2D eigenvalue weighted by Gasteiger charge is -2.24. The number of hydrogen-bond donors (Lipinski definition) is 2. The molecule has 0 aromatic heterocycles. The van der Waals surface area contributed by atoms with Crippen molar-refractivity contribution in [2.45, 2.75) is 39.5 Å². The summed E-state index contributed by atoms with van der Waals surface area (Å²) >= 11 is 0. The first-order valence-corrected chi connectivity index (χ1v) is 10.4. The van der Waals surface area contributed by atoms with Gasteiger partial charge in [-0.15, -0.1) is 0 Å². The third kappa shape index (κ3) is 7.23. The minimum absolute atomic E-state index is 0.0387. The van der Waals surface area contributed by atoms with Gasteiger partial charge in [0.2, 0.25) is 5.91 Å². The summed E-state index contributed by atoms with van der Waals surface area (Å²) in [4.78, 5) is 50.4. The predicted molar refractivity (Wildman–Crippen MR) is 118 cm³/mol. The molecular formula is C24H28N2O6. The molecule has 2 rings (SSSR count). The van der Waals surface area contributed by atoms with Crippen LogP contribution in [-0.4, -0.2) is 42.4 Å². The van der Waals surface area contributed by atoms with E-state index in [4.69, 9.17) is 9.47 Å². The Balaban J connectivity index is 2.08. The van der Waals surface area contributed by atoms with Gasteiger partial charge in [0.1, 0.15) is 12.6 Å². The highest BCUT2D eigenvalue weighted by Crippen LogP contribution is 2.09. The molecule has 0 heterocycles. The monoisotopic (exact) mass is 440 g/mol. The van der Waals surface area contributed by atoms with Crippen LogP contribution in [-0.2, 0) is 25.7 Å². The fraction of sp³-hybridized carbons (Fsp3) is 0.333. The normalized spacial score (nSPS) is 12.4. The van der Waals surface area contributed by atoms with Gasteiger partial charge in [-0.25, -0.2) is 9.59 Å². The number of carbonyl (C=O) groups excluding carboxylic acids is 4. The molecule has 2 amide bonds. The maximum absolute atomic E-state index is 12.9. The smallest absolute Gasteiger partial charge is 0.408 e. The van der Waals surface area contributed by atoms with Crippen LogP contribution in [0, 0.1) is 5.92 Å². The molecule has 0 radical (unpaired) electrons.